The van der Waals surface area contributed by atoms with Crippen LogP contribution in [0.3, 0.4) is 0 Å². The van der Waals surface area contributed by atoms with E-state index in [-0.39, 0.29) is 17.3 Å². The molecule has 162 valence electrons. The van der Waals surface area contributed by atoms with E-state index < -0.39 is 10.0 Å². The van der Waals surface area contributed by atoms with Crippen LogP contribution in [0, 0.1) is 27.7 Å². The molecule has 9 heteroatoms. The maximum Gasteiger partial charge on any atom is 0.243 e. The Morgan fingerprint density at radius 1 is 1.00 bits per heavy atom. The van der Waals surface area contributed by atoms with E-state index in [1.54, 1.807) is 23.1 Å². The summed E-state index contributed by atoms with van der Waals surface area (Å²) in [7, 11) is -2.27. The lowest BCUT2D eigenvalue weighted by Gasteiger charge is -2.36. The van der Waals surface area contributed by atoms with Crippen LogP contribution in [0.2, 0.25) is 0 Å². The van der Waals surface area contributed by atoms with Gasteiger partial charge in [0.15, 0.2) is 0 Å². The first-order valence-electron chi connectivity index (χ1n) is 9.96. The van der Waals surface area contributed by atoms with Gasteiger partial charge in [-0.15, -0.1) is 0 Å². The van der Waals surface area contributed by atoms with Gasteiger partial charge in [0.05, 0.1) is 11.4 Å². The van der Waals surface area contributed by atoms with Crippen LogP contribution in [0.25, 0.3) is 0 Å². The third kappa shape index (κ3) is 4.79. The Morgan fingerprint density at radius 3 is 2.27 bits per heavy atom. The summed E-state index contributed by atoms with van der Waals surface area (Å²) in [4.78, 5) is 25.6. The maximum atomic E-state index is 12.8. The monoisotopic (exact) mass is 431 g/mol. The van der Waals surface area contributed by atoms with Gasteiger partial charge >= 0.3 is 0 Å². The van der Waals surface area contributed by atoms with Crippen molar-refractivity contribution in [3.63, 3.8) is 0 Å². The van der Waals surface area contributed by atoms with Gasteiger partial charge in [0.1, 0.15) is 11.6 Å². The molecule has 1 aromatic heterocycles. The maximum absolute atomic E-state index is 12.8. The lowest BCUT2D eigenvalue weighted by molar-refractivity contribution is -0.131. The van der Waals surface area contributed by atoms with Crippen molar-refractivity contribution in [2.24, 2.45) is 0 Å². The van der Waals surface area contributed by atoms with Crippen LogP contribution in [-0.2, 0) is 14.8 Å². The SMILES string of the molecule is Cc1cc(N2CCN(C(=O)CN(C)S(=O)(=O)c3ccc(C)c(C)c3)CC2)nc(C)n1. The number of aromatic nitrogens is 2. The molecule has 0 saturated carbocycles. The van der Waals surface area contributed by atoms with E-state index in [0.29, 0.717) is 26.2 Å². The summed E-state index contributed by atoms with van der Waals surface area (Å²) in [5.74, 6) is 1.39. The Labute approximate surface area is 178 Å². The number of aryl methyl sites for hydroxylation is 4. The number of hydrogen-bond donors (Lipinski definition) is 0. The Kier molecular flexibility index (Phi) is 6.42. The van der Waals surface area contributed by atoms with E-state index in [0.717, 1.165) is 32.8 Å². The van der Waals surface area contributed by atoms with E-state index in [1.807, 2.05) is 33.8 Å². The number of carbonyl (C=O) groups excluding carboxylic acids is 1. The first kappa shape index (κ1) is 22.2. The number of likely N-dealkylation sites (N-methyl/N-ethyl adjacent to an activating group) is 1. The highest BCUT2D eigenvalue weighted by molar-refractivity contribution is 7.89. The van der Waals surface area contributed by atoms with Crippen molar-refractivity contribution in [3.05, 3.63) is 46.9 Å². The Bertz CT molecular complexity index is 1030. The topological polar surface area (TPSA) is 86.7 Å². The molecule has 0 bridgehead atoms. The van der Waals surface area contributed by atoms with Gasteiger partial charge in [-0.2, -0.15) is 4.31 Å². The fourth-order valence-electron chi connectivity index (χ4n) is 3.47. The zero-order valence-corrected chi connectivity index (χ0v) is 19.0. The first-order valence-corrected chi connectivity index (χ1v) is 11.4. The number of piperazine rings is 1. The molecule has 0 N–H and O–H groups in total. The smallest absolute Gasteiger partial charge is 0.243 e. The molecule has 1 amide bonds. The number of nitrogens with zero attached hydrogens (tertiary/aromatic N) is 5. The molecule has 1 aliphatic rings. The molecule has 1 fully saturated rings. The van der Waals surface area contributed by atoms with Gasteiger partial charge in [-0.3, -0.25) is 4.79 Å². The zero-order chi connectivity index (χ0) is 22.1. The van der Waals surface area contributed by atoms with Crippen LogP contribution in [0.5, 0.6) is 0 Å². The second-order valence-corrected chi connectivity index (χ2v) is 9.83. The summed E-state index contributed by atoms with van der Waals surface area (Å²) in [5, 5.41) is 0. The van der Waals surface area contributed by atoms with Gasteiger partial charge in [0.2, 0.25) is 15.9 Å². The number of anilines is 1. The van der Waals surface area contributed by atoms with Gasteiger partial charge < -0.3 is 9.80 Å². The second kappa shape index (κ2) is 8.69. The van der Waals surface area contributed by atoms with Gasteiger partial charge in [0.25, 0.3) is 0 Å². The number of carbonyl (C=O) groups is 1. The molecule has 8 nitrogen and oxygen atoms in total. The van der Waals surface area contributed by atoms with Gasteiger partial charge in [-0.05, 0) is 51.0 Å². The molecule has 0 atom stereocenters. The summed E-state index contributed by atoms with van der Waals surface area (Å²) < 4.78 is 26.8. The number of rotatable bonds is 5. The third-order valence-electron chi connectivity index (χ3n) is 5.45. The fourth-order valence-corrected chi connectivity index (χ4v) is 4.68. The molecule has 1 saturated heterocycles. The van der Waals surface area contributed by atoms with E-state index in [9.17, 15) is 13.2 Å². The van der Waals surface area contributed by atoms with Crippen molar-refractivity contribution in [1.82, 2.24) is 19.2 Å². The molecule has 2 aromatic rings. The molecule has 0 radical (unpaired) electrons. The van der Waals surface area contributed by atoms with Crippen molar-refractivity contribution in [2.75, 3.05) is 44.7 Å². The summed E-state index contributed by atoms with van der Waals surface area (Å²) in [6.07, 6.45) is 0. The van der Waals surface area contributed by atoms with Crippen molar-refractivity contribution in [2.45, 2.75) is 32.6 Å². The number of hydrogen-bond acceptors (Lipinski definition) is 6. The van der Waals surface area contributed by atoms with Crippen molar-refractivity contribution in [3.8, 4) is 0 Å². The quantitative estimate of drug-likeness (QED) is 0.716. The predicted octanol–water partition coefficient (Wildman–Crippen LogP) is 1.68. The van der Waals surface area contributed by atoms with Crippen LogP contribution in [0.4, 0.5) is 5.82 Å². The largest absolute Gasteiger partial charge is 0.353 e. The predicted molar refractivity (Wildman–Crippen MR) is 116 cm³/mol. The third-order valence-corrected chi connectivity index (χ3v) is 7.25. The lowest BCUT2D eigenvalue weighted by atomic mass is 10.1. The molecular weight excluding hydrogens is 402 g/mol. The molecule has 0 aliphatic carbocycles. The van der Waals surface area contributed by atoms with E-state index in [1.165, 1.54) is 7.05 Å². The molecule has 0 spiro atoms. The molecule has 30 heavy (non-hydrogen) atoms. The second-order valence-electron chi connectivity index (χ2n) is 7.79. The molecule has 1 aromatic carbocycles. The zero-order valence-electron chi connectivity index (χ0n) is 18.2. The molecule has 1 aliphatic heterocycles. The van der Waals surface area contributed by atoms with Crippen LogP contribution in [0.1, 0.15) is 22.6 Å². The summed E-state index contributed by atoms with van der Waals surface area (Å²) in [6, 6.07) is 6.96. The Hall–Kier alpha value is -2.52. The highest BCUT2D eigenvalue weighted by atomic mass is 32.2. The van der Waals surface area contributed by atoms with Crippen LogP contribution < -0.4 is 4.90 Å². The number of amides is 1. The van der Waals surface area contributed by atoms with Gasteiger partial charge in [0, 0.05) is 45.0 Å². The Morgan fingerprint density at radius 2 is 1.67 bits per heavy atom. The minimum Gasteiger partial charge on any atom is -0.353 e. The Balaban J connectivity index is 1.61. The van der Waals surface area contributed by atoms with E-state index >= 15 is 0 Å². The number of benzene rings is 1. The lowest BCUT2D eigenvalue weighted by Crippen LogP contribution is -2.51. The fraction of sp³-hybridized carbons (Fsp3) is 0.476. The van der Waals surface area contributed by atoms with Gasteiger partial charge in [-0.25, -0.2) is 18.4 Å². The molecule has 2 heterocycles. The van der Waals surface area contributed by atoms with Crippen molar-refractivity contribution >= 4 is 21.7 Å². The molecular formula is C21H29N5O3S. The normalized spacial score (nSPS) is 15.0. The highest BCUT2D eigenvalue weighted by Crippen LogP contribution is 2.19. The van der Waals surface area contributed by atoms with Crippen molar-refractivity contribution in [1.29, 1.82) is 0 Å². The van der Waals surface area contributed by atoms with Gasteiger partial charge in [-0.1, -0.05) is 6.07 Å². The first-order chi connectivity index (χ1) is 14.1. The standard InChI is InChI=1S/C21H29N5O3S/c1-15-6-7-19(12-16(15)2)30(28,29)24(5)14-21(27)26-10-8-25(9-11-26)20-13-17(3)22-18(4)23-20/h6-7,12-13H,8-11,14H2,1-5H3. The summed E-state index contributed by atoms with van der Waals surface area (Å²) >= 11 is 0. The van der Waals surface area contributed by atoms with E-state index in [4.69, 9.17) is 0 Å². The summed E-state index contributed by atoms with van der Waals surface area (Å²) in [5.41, 5.74) is 2.84. The highest BCUT2D eigenvalue weighted by Gasteiger charge is 2.27. The van der Waals surface area contributed by atoms with Crippen LogP contribution in [0.15, 0.2) is 29.2 Å². The van der Waals surface area contributed by atoms with E-state index in [2.05, 4.69) is 14.9 Å². The van der Waals surface area contributed by atoms with Crippen LogP contribution >= 0.6 is 0 Å². The van der Waals surface area contributed by atoms with Crippen LogP contribution in [-0.4, -0.2) is 73.3 Å². The average Bonchev–Trinajstić information content (AvgIpc) is 2.69. The minimum atomic E-state index is -3.72. The summed E-state index contributed by atoms with van der Waals surface area (Å²) in [6.45, 7) is 9.77. The molecule has 0 unspecified atom stereocenters. The molecule has 3 rings (SSSR count). The van der Waals surface area contributed by atoms with Crippen molar-refractivity contribution < 1.29 is 13.2 Å². The average molecular weight is 432 g/mol. The minimum absolute atomic E-state index is 0.180. The number of sulfonamides is 1.